The highest BCUT2D eigenvalue weighted by atomic mass is 19.1. The number of allylic oxidation sites excluding steroid dienone is 2. The van der Waals surface area contributed by atoms with Crippen molar-refractivity contribution in [3.63, 3.8) is 0 Å². The maximum absolute atomic E-state index is 13.1. The highest BCUT2D eigenvalue weighted by Crippen LogP contribution is 2.24. The molecule has 0 spiro atoms. The second-order valence-electron chi connectivity index (χ2n) is 6.60. The molecule has 0 saturated carbocycles. The fourth-order valence-corrected chi connectivity index (χ4v) is 2.84. The van der Waals surface area contributed by atoms with Gasteiger partial charge in [-0.2, -0.15) is 4.39 Å². The lowest BCUT2D eigenvalue weighted by molar-refractivity contribution is 0.299. The van der Waals surface area contributed by atoms with Crippen molar-refractivity contribution in [1.29, 1.82) is 0 Å². The Morgan fingerprint density at radius 1 is 1.07 bits per heavy atom. The zero-order valence-electron chi connectivity index (χ0n) is 16.6. The first-order valence-corrected chi connectivity index (χ1v) is 9.23. The molecule has 2 aromatic heterocycles. The Kier molecular flexibility index (Phi) is 6.64. The monoisotopic (exact) mass is 406 g/mol. The Balaban J connectivity index is 1.62. The summed E-state index contributed by atoms with van der Waals surface area (Å²) in [6, 6.07) is 15.6. The Morgan fingerprint density at radius 3 is 2.50 bits per heavy atom. The molecule has 4 N–H and O–H groups in total. The quantitative estimate of drug-likeness (QED) is 0.331. The minimum Gasteiger partial charge on any atom is -0.496 e. The molecule has 6 nitrogen and oxygen atoms in total. The van der Waals surface area contributed by atoms with Crippen LogP contribution in [-0.2, 0) is 17.8 Å². The molecule has 0 aliphatic heterocycles. The molecule has 0 unspecified atom stereocenters. The van der Waals surface area contributed by atoms with E-state index in [0.29, 0.717) is 40.8 Å². The summed E-state index contributed by atoms with van der Waals surface area (Å²) in [5, 5.41) is 0. The molecule has 3 aromatic rings. The van der Waals surface area contributed by atoms with Crippen molar-refractivity contribution in [2.75, 3.05) is 18.6 Å². The van der Waals surface area contributed by atoms with Gasteiger partial charge in [0.1, 0.15) is 29.8 Å². The molecule has 7 heteroatoms. The topological polar surface area (TPSA) is 96.3 Å². The fraction of sp³-hybridized carbons (Fsp3) is 0.130. The average Bonchev–Trinajstić information content (AvgIpc) is 2.72. The van der Waals surface area contributed by atoms with Gasteiger partial charge < -0.3 is 20.9 Å². The number of benzene rings is 1. The molecule has 3 rings (SSSR count). The van der Waals surface area contributed by atoms with E-state index in [1.54, 1.807) is 31.4 Å². The lowest BCUT2D eigenvalue weighted by Gasteiger charge is -2.11. The van der Waals surface area contributed by atoms with Crippen molar-refractivity contribution in [2.24, 2.45) is 0 Å². The second kappa shape index (κ2) is 9.56. The van der Waals surface area contributed by atoms with Gasteiger partial charge in [0, 0.05) is 0 Å². The molecule has 0 saturated heterocycles. The molecule has 0 amide bonds. The van der Waals surface area contributed by atoms with Gasteiger partial charge in [0.25, 0.3) is 0 Å². The first kappa shape index (κ1) is 20.9. The van der Waals surface area contributed by atoms with Gasteiger partial charge in [0.2, 0.25) is 5.95 Å². The number of hydrogen-bond acceptors (Lipinski definition) is 6. The van der Waals surface area contributed by atoms with Crippen LogP contribution < -0.4 is 16.2 Å². The number of nitrogens with zero attached hydrogens (tertiary/aromatic N) is 2. The van der Waals surface area contributed by atoms with Crippen molar-refractivity contribution < 1.29 is 13.9 Å². The van der Waals surface area contributed by atoms with Gasteiger partial charge in [-0.1, -0.05) is 24.8 Å². The fourth-order valence-electron chi connectivity index (χ4n) is 2.84. The smallest absolute Gasteiger partial charge is 0.213 e. The van der Waals surface area contributed by atoms with Crippen LogP contribution in [0, 0.1) is 5.95 Å². The number of ether oxygens (including phenoxy) is 2. The lowest BCUT2D eigenvalue weighted by Crippen LogP contribution is -2.02. The maximum atomic E-state index is 13.1. The Hall–Kier alpha value is -3.87. The Labute approximate surface area is 174 Å². The summed E-state index contributed by atoms with van der Waals surface area (Å²) in [4.78, 5) is 7.83. The van der Waals surface area contributed by atoms with Crippen LogP contribution >= 0.6 is 0 Å². The van der Waals surface area contributed by atoms with Crippen molar-refractivity contribution in [1.82, 2.24) is 9.97 Å². The molecular formula is C23H23FN4O2. The highest BCUT2D eigenvalue weighted by Gasteiger charge is 2.09. The highest BCUT2D eigenvalue weighted by molar-refractivity contribution is 5.71. The standard InChI is InChI=1S/C23H23FN4O2/c1-15(13-20(29-2)19-10-11-22(25)28-23(19)26)12-16-6-8-18(9-7-16)30-14-17-4-3-5-21(24)27-17/h3-11,13H,1,12,14H2,2H3,(H4,25,26,28)/b20-13-. The number of aromatic nitrogens is 2. The number of nitrogens with two attached hydrogens (primary N) is 2. The zero-order chi connectivity index (χ0) is 21.5. The number of halogens is 1. The van der Waals surface area contributed by atoms with E-state index in [1.807, 2.05) is 30.3 Å². The summed E-state index contributed by atoms with van der Waals surface area (Å²) in [6.07, 6.45) is 2.44. The number of nitrogen functional groups attached to an aromatic ring is 2. The Bertz CT molecular complexity index is 1070. The minimum absolute atomic E-state index is 0.195. The summed E-state index contributed by atoms with van der Waals surface area (Å²) in [5.41, 5.74) is 14.7. The first-order valence-electron chi connectivity index (χ1n) is 9.23. The predicted octanol–water partition coefficient (Wildman–Crippen LogP) is 4.15. The van der Waals surface area contributed by atoms with Crippen molar-refractivity contribution in [3.05, 3.63) is 95.6 Å². The molecule has 0 atom stereocenters. The Morgan fingerprint density at radius 2 is 1.83 bits per heavy atom. The number of hydrogen-bond donors (Lipinski definition) is 2. The third kappa shape index (κ3) is 5.57. The van der Waals surface area contributed by atoms with Gasteiger partial charge in [-0.15, -0.1) is 0 Å². The SMILES string of the molecule is C=C(/C=C(\OC)c1ccc(N)nc1N)Cc1ccc(OCc2cccc(F)n2)cc1. The van der Waals surface area contributed by atoms with E-state index in [0.717, 1.165) is 11.1 Å². The molecule has 0 aliphatic rings. The molecule has 154 valence electrons. The number of methoxy groups -OCH3 is 1. The van der Waals surface area contributed by atoms with Gasteiger partial charge in [0.05, 0.1) is 18.4 Å². The molecule has 0 radical (unpaired) electrons. The zero-order valence-corrected chi connectivity index (χ0v) is 16.6. The van der Waals surface area contributed by atoms with Crippen LogP contribution in [0.25, 0.3) is 5.76 Å². The van der Waals surface area contributed by atoms with Gasteiger partial charge in [0.15, 0.2) is 0 Å². The van der Waals surface area contributed by atoms with E-state index in [2.05, 4.69) is 16.5 Å². The van der Waals surface area contributed by atoms with E-state index in [1.165, 1.54) is 6.07 Å². The largest absolute Gasteiger partial charge is 0.496 e. The van der Waals surface area contributed by atoms with E-state index in [9.17, 15) is 4.39 Å². The molecule has 1 aromatic carbocycles. The maximum Gasteiger partial charge on any atom is 0.213 e. The predicted molar refractivity (Wildman–Crippen MR) is 116 cm³/mol. The number of pyridine rings is 2. The normalized spacial score (nSPS) is 11.2. The molecule has 30 heavy (non-hydrogen) atoms. The van der Waals surface area contributed by atoms with Gasteiger partial charge in [-0.05, 0) is 60.0 Å². The van der Waals surface area contributed by atoms with Crippen molar-refractivity contribution in [3.8, 4) is 5.75 Å². The molecular weight excluding hydrogens is 383 g/mol. The summed E-state index contributed by atoms with van der Waals surface area (Å²) in [7, 11) is 1.56. The van der Waals surface area contributed by atoms with Gasteiger partial charge in [-0.25, -0.2) is 9.97 Å². The van der Waals surface area contributed by atoms with Crippen molar-refractivity contribution in [2.45, 2.75) is 13.0 Å². The summed E-state index contributed by atoms with van der Waals surface area (Å²) in [5.74, 6) is 1.35. The van der Waals surface area contributed by atoms with Gasteiger partial charge in [-0.3, -0.25) is 0 Å². The van der Waals surface area contributed by atoms with E-state index in [4.69, 9.17) is 20.9 Å². The molecule has 0 aliphatic carbocycles. The van der Waals surface area contributed by atoms with Crippen LogP contribution in [0.4, 0.5) is 16.0 Å². The number of anilines is 2. The van der Waals surface area contributed by atoms with E-state index in [-0.39, 0.29) is 6.61 Å². The van der Waals surface area contributed by atoms with E-state index >= 15 is 0 Å². The summed E-state index contributed by atoms with van der Waals surface area (Å²) < 4.78 is 24.2. The third-order valence-corrected chi connectivity index (χ3v) is 4.28. The first-order chi connectivity index (χ1) is 14.4. The third-order valence-electron chi connectivity index (χ3n) is 4.28. The summed E-state index contributed by atoms with van der Waals surface area (Å²) in [6.45, 7) is 4.30. The van der Waals surface area contributed by atoms with Crippen LogP contribution in [-0.4, -0.2) is 17.1 Å². The van der Waals surface area contributed by atoms with Gasteiger partial charge >= 0.3 is 0 Å². The van der Waals surface area contributed by atoms with Crippen LogP contribution in [0.1, 0.15) is 16.8 Å². The van der Waals surface area contributed by atoms with Crippen LogP contribution in [0.5, 0.6) is 5.75 Å². The lowest BCUT2D eigenvalue weighted by atomic mass is 10.0. The summed E-state index contributed by atoms with van der Waals surface area (Å²) >= 11 is 0. The van der Waals surface area contributed by atoms with Crippen molar-refractivity contribution >= 4 is 17.4 Å². The van der Waals surface area contributed by atoms with E-state index < -0.39 is 5.95 Å². The minimum atomic E-state index is -0.523. The van der Waals surface area contributed by atoms with Crippen LogP contribution in [0.2, 0.25) is 0 Å². The van der Waals surface area contributed by atoms with Crippen LogP contribution in [0.15, 0.2) is 72.8 Å². The average molecular weight is 406 g/mol. The molecule has 2 heterocycles. The molecule has 0 fully saturated rings. The van der Waals surface area contributed by atoms with Crippen LogP contribution in [0.3, 0.4) is 0 Å². The molecule has 0 bridgehead atoms. The number of rotatable bonds is 8. The second-order valence-corrected chi connectivity index (χ2v) is 6.60.